The van der Waals surface area contributed by atoms with Crippen molar-refractivity contribution in [1.29, 1.82) is 0 Å². The quantitative estimate of drug-likeness (QED) is 0.333. The van der Waals surface area contributed by atoms with Crippen molar-refractivity contribution in [2.75, 3.05) is 11.9 Å². The van der Waals surface area contributed by atoms with Gasteiger partial charge in [-0.15, -0.1) is 0 Å². The number of guanidine groups is 1. The Bertz CT molecular complexity index is 1150. The lowest BCUT2D eigenvalue weighted by Gasteiger charge is -2.31. The molecule has 0 atom stereocenters. The van der Waals surface area contributed by atoms with Crippen LogP contribution in [0.2, 0.25) is 0 Å². The summed E-state index contributed by atoms with van der Waals surface area (Å²) in [5, 5.41) is 6.28. The minimum Gasteiger partial charge on any atom is -0.450 e. The van der Waals surface area contributed by atoms with E-state index < -0.39 is 0 Å². The average molecular weight is 468 g/mol. The summed E-state index contributed by atoms with van der Waals surface area (Å²) in [7, 11) is 0. The molecule has 2 aromatic rings. The van der Waals surface area contributed by atoms with Crippen molar-refractivity contribution >= 4 is 23.4 Å². The zero-order valence-electron chi connectivity index (χ0n) is 19.9. The van der Waals surface area contributed by atoms with Gasteiger partial charge in [-0.1, -0.05) is 26.8 Å². The van der Waals surface area contributed by atoms with Gasteiger partial charge in [-0.25, -0.2) is 4.79 Å². The molecule has 4 rings (SSSR count). The average Bonchev–Trinajstić information content (AvgIpc) is 2.76. The second-order valence-electron chi connectivity index (χ2n) is 9.96. The van der Waals surface area contributed by atoms with Crippen molar-refractivity contribution in [1.82, 2.24) is 14.9 Å². The molecule has 1 aliphatic heterocycles. The number of ether oxygens (including phenoxy) is 1. The Morgan fingerprint density at radius 3 is 2.65 bits per heavy atom. The fraction of sp³-hybridized carbons (Fsp3) is 0.500. The summed E-state index contributed by atoms with van der Waals surface area (Å²) in [6.07, 6.45) is 5.07. The predicted molar refractivity (Wildman–Crippen MR) is 132 cm³/mol. The van der Waals surface area contributed by atoms with Crippen LogP contribution in [0.3, 0.4) is 0 Å². The number of fused-ring (bicyclic) bond motifs is 2. The van der Waals surface area contributed by atoms with Crippen LogP contribution in [-0.2, 0) is 10.2 Å². The number of aromatic nitrogens is 2. The number of aliphatic imine (C=N–C) groups is 1. The van der Waals surface area contributed by atoms with Gasteiger partial charge >= 0.3 is 5.69 Å². The summed E-state index contributed by atoms with van der Waals surface area (Å²) < 4.78 is 7.75. The number of hydrogen-bond acceptors (Lipinski definition) is 6. The van der Waals surface area contributed by atoms with E-state index in [1.807, 2.05) is 12.1 Å². The number of carbonyl (C=O) groups is 1. The Kier molecular flexibility index (Phi) is 6.49. The van der Waals surface area contributed by atoms with Gasteiger partial charge in [-0.3, -0.25) is 14.4 Å². The third-order valence-electron chi connectivity index (χ3n) is 6.33. The summed E-state index contributed by atoms with van der Waals surface area (Å²) in [5.74, 6) is 1.58. The largest absolute Gasteiger partial charge is 0.450 e. The zero-order chi connectivity index (χ0) is 24.5. The van der Waals surface area contributed by atoms with Crippen LogP contribution >= 0.6 is 0 Å². The van der Waals surface area contributed by atoms with Crippen molar-refractivity contribution in [3.05, 3.63) is 40.4 Å². The van der Waals surface area contributed by atoms with Crippen LogP contribution < -0.4 is 32.5 Å². The smallest absolute Gasteiger partial charge is 0.350 e. The summed E-state index contributed by atoms with van der Waals surface area (Å²) in [5.41, 5.74) is 12.2. The Morgan fingerprint density at radius 1 is 1.24 bits per heavy atom. The van der Waals surface area contributed by atoms with Crippen LogP contribution in [0.25, 0.3) is 0 Å². The topological polar surface area (TPSA) is 150 Å². The number of nitrogens with one attached hydrogen (secondary N) is 2. The molecule has 2 heterocycles. The van der Waals surface area contributed by atoms with Gasteiger partial charge in [-0.2, -0.15) is 4.98 Å². The van der Waals surface area contributed by atoms with Crippen LogP contribution in [0.4, 0.5) is 11.5 Å². The third kappa shape index (κ3) is 5.32. The van der Waals surface area contributed by atoms with Gasteiger partial charge in [-0.05, 0) is 48.8 Å². The van der Waals surface area contributed by atoms with Crippen molar-refractivity contribution < 1.29 is 9.53 Å². The number of rotatable bonds is 5. The Labute approximate surface area is 198 Å². The molecular formula is C24H33N7O3. The highest BCUT2D eigenvalue weighted by Crippen LogP contribution is 2.42. The molecule has 1 aliphatic carbocycles. The standard InChI is InChI=1S/C24H33N7O3/c1-24(2,3)14-4-9-18-17(12-14)29-21-19(34-18)13-31(23(33)30-21)16-7-5-15(6-8-16)28-20(32)10-11-27-22(25)26/h4,9,12-13,15-16H,5-8,10-11H2,1-3H3,(H,28,32)(H4,25,26,27)(H,29,30,33). The Balaban J connectivity index is 1.40. The summed E-state index contributed by atoms with van der Waals surface area (Å²) >= 11 is 0. The first-order chi connectivity index (χ1) is 16.1. The van der Waals surface area contributed by atoms with E-state index >= 15 is 0 Å². The molecule has 1 aromatic carbocycles. The molecule has 0 unspecified atom stereocenters. The molecule has 1 aromatic heterocycles. The van der Waals surface area contributed by atoms with Gasteiger partial charge in [0.25, 0.3) is 0 Å². The third-order valence-corrected chi connectivity index (χ3v) is 6.33. The van der Waals surface area contributed by atoms with E-state index in [4.69, 9.17) is 16.2 Å². The van der Waals surface area contributed by atoms with Crippen molar-refractivity contribution in [2.45, 2.75) is 70.4 Å². The fourth-order valence-corrected chi connectivity index (χ4v) is 4.39. The molecule has 0 radical (unpaired) electrons. The number of hydrogen-bond donors (Lipinski definition) is 4. The minimum absolute atomic E-state index is 0.00145. The Hall–Kier alpha value is -3.56. The predicted octanol–water partition coefficient (Wildman–Crippen LogP) is 2.65. The molecule has 2 aliphatic rings. The molecule has 34 heavy (non-hydrogen) atoms. The van der Waals surface area contributed by atoms with Crippen LogP contribution in [-0.4, -0.2) is 34.0 Å². The SMILES string of the molecule is CC(C)(C)c1ccc2c(c1)Nc1nc(=O)n(C3CCC(NC(=O)CCN=C(N)N)CC3)cc1O2. The Morgan fingerprint density at radius 2 is 1.97 bits per heavy atom. The monoisotopic (exact) mass is 467 g/mol. The lowest BCUT2D eigenvalue weighted by atomic mass is 9.86. The summed E-state index contributed by atoms with van der Waals surface area (Å²) in [6, 6.07) is 6.13. The molecular weight excluding hydrogens is 434 g/mol. The van der Waals surface area contributed by atoms with Gasteiger partial charge in [0.15, 0.2) is 23.3 Å². The maximum absolute atomic E-state index is 12.8. The minimum atomic E-state index is -0.310. The highest BCUT2D eigenvalue weighted by atomic mass is 16.5. The van der Waals surface area contributed by atoms with Crippen LogP contribution in [0.15, 0.2) is 34.2 Å². The molecule has 0 bridgehead atoms. The molecule has 10 heteroatoms. The van der Waals surface area contributed by atoms with E-state index in [9.17, 15) is 9.59 Å². The maximum atomic E-state index is 12.8. The number of carbonyl (C=O) groups excluding carboxylic acids is 1. The first kappa shape index (κ1) is 23.6. The van der Waals surface area contributed by atoms with Crippen LogP contribution in [0.5, 0.6) is 11.5 Å². The number of benzene rings is 1. The van der Waals surface area contributed by atoms with Gasteiger partial charge in [0, 0.05) is 18.5 Å². The zero-order valence-corrected chi connectivity index (χ0v) is 19.9. The van der Waals surface area contributed by atoms with E-state index in [0.717, 1.165) is 31.4 Å². The number of nitrogens with two attached hydrogens (primary N) is 2. The second-order valence-corrected chi connectivity index (χ2v) is 9.96. The van der Waals surface area contributed by atoms with E-state index in [2.05, 4.69) is 47.4 Å². The number of amides is 1. The van der Waals surface area contributed by atoms with Crippen molar-refractivity contribution in [3.8, 4) is 11.5 Å². The van der Waals surface area contributed by atoms with E-state index in [0.29, 0.717) is 17.3 Å². The van der Waals surface area contributed by atoms with Crippen LogP contribution in [0, 0.1) is 0 Å². The molecule has 1 fully saturated rings. The first-order valence-corrected chi connectivity index (χ1v) is 11.7. The molecule has 6 N–H and O–H groups in total. The fourth-order valence-electron chi connectivity index (χ4n) is 4.39. The highest BCUT2D eigenvalue weighted by Gasteiger charge is 2.27. The lowest BCUT2D eigenvalue weighted by molar-refractivity contribution is -0.121. The molecule has 0 spiro atoms. The highest BCUT2D eigenvalue weighted by molar-refractivity contribution is 5.78. The van der Waals surface area contributed by atoms with Gasteiger partial charge in [0.05, 0.1) is 18.4 Å². The molecule has 0 saturated heterocycles. The van der Waals surface area contributed by atoms with E-state index in [1.54, 1.807) is 10.8 Å². The molecule has 1 saturated carbocycles. The normalized spacial score (nSPS) is 19.1. The van der Waals surface area contributed by atoms with Crippen molar-refractivity contribution in [3.63, 3.8) is 0 Å². The summed E-state index contributed by atoms with van der Waals surface area (Å²) in [4.78, 5) is 33.0. The molecule has 10 nitrogen and oxygen atoms in total. The lowest BCUT2D eigenvalue weighted by Crippen LogP contribution is -2.39. The number of nitrogens with zero attached hydrogens (tertiary/aromatic N) is 3. The summed E-state index contributed by atoms with van der Waals surface area (Å²) in [6.45, 7) is 6.72. The molecule has 1 amide bonds. The first-order valence-electron chi connectivity index (χ1n) is 11.7. The van der Waals surface area contributed by atoms with Gasteiger partial charge in [0.1, 0.15) is 0 Å². The second kappa shape index (κ2) is 9.36. The number of anilines is 2. The van der Waals surface area contributed by atoms with Gasteiger partial charge < -0.3 is 26.8 Å². The van der Waals surface area contributed by atoms with Gasteiger partial charge in [0.2, 0.25) is 5.91 Å². The van der Waals surface area contributed by atoms with Crippen LogP contribution in [0.1, 0.15) is 64.5 Å². The van der Waals surface area contributed by atoms with Crippen molar-refractivity contribution in [2.24, 2.45) is 16.5 Å². The van der Waals surface area contributed by atoms with E-state index in [1.165, 1.54) is 5.56 Å². The maximum Gasteiger partial charge on any atom is 0.350 e. The molecule has 182 valence electrons. The van der Waals surface area contributed by atoms with E-state index in [-0.39, 0.29) is 48.0 Å².